The van der Waals surface area contributed by atoms with Gasteiger partial charge in [-0.05, 0) is 49.2 Å². The Bertz CT molecular complexity index is 1460. The molecule has 194 valence electrons. The average Bonchev–Trinajstić information content (AvgIpc) is 3.45. The van der Waals surface area contributed by atoms with Crippen LogP contribution in [-0.2, 0) is 25.3 Å². The number of hydrogen-bond acceptors (Lipinski definition) is 6. The smallest absolute Gasteiger partial charge is 0.257 e. The quantitative estimate of drug-likeness (QED) is 0.358. The Labute approximate surface area is 216 Å². The molecule has 10 nitrogen and oxygen atoms in total. The van der Waals surface area contributed by atoms with E-state index in [2.05, 4.69) is 38.0 Å². The predicted octanol–water partition coefficient (Wildman–Crippen LogP) is 2.58. The number of aromatic nitrogens is 4. The summed E-state index contributed by atoms with van der Waals surface area (Å²) in [7, 11) is 5.32. The van der Waals surface area contributed by atoms with Crippen LogP contribution in [0.4, 0.5) is 11.4 Å². The molecule has 2 aromatic carbocycles. The lowest BCUT2D eigenvalue weighted by Crippen LogP contribution is -2.42. The second kappa shape index (κ2) is 10.2. The van der Waals surface area contributed by atoms with Crippen LogP contribution in [0.25, 0.3) is 21.8 Å². The number of carbonyl (C=O) groups excluding carboxylic acids is 2. The molecule has 1 fully saturated rings. The fraction of sp³-hybridized carbons (Fsp3) is 0.407. The van der Waals surface area contributed by atoms with Gasteiger partial charge in [0.05, 0.1) is 17.5 Å². The number of likely N-dealkylation sites (N-methyl/N-ethyl adjacent to an activating group) is 1. The first-order valence-corrected chi connectivity index (χ1v) is 12.8. The highest BCUT2D eigenvalue weighted by molar-refractivity contribution is 6.14. The summed E-state index contributed by atoms with van der Waals surface area (Å²) in [6, 6.07) is 8.16. The molecular weight excluding hydrogens is 468 g/mol. The third kappa shape index (κ3) is 5.01. The summed E-state index contributed by atoms with van der Waals surface area (Å²) in [6.45, 7) is 5.06. The van der Waals surface area contributed by atoms with Crippen molar-refractivity contribution in [2.45, 2.75) is 32.2 Å². The number of carbonyl (C=O) groups is 2. The van der Waals surface area contributed by atoms with E-state index in [-0.39, 0.29) is 18.2 Å². The molecule has 0 spiro atoms. The van der Waals surface area contributed by atoms with Crippen molar-refractivity contribution < 1.29 is 9.59 Å². The molecule has 2 amide bonds. The van der Waals surface area contributed by atoms with Gasteiger partial charge >= 0.3 is 0 Å². The molecule has 4 aromatic rings. The van der Waals surface area contributed by atoms with Gasteiger partial charge in [0.15, 0.2) is 0 Å². The largest absolute Gasteiger partial charge is 0.371 e. The third-order valence-electron chi connectivity index (χ3n) is 7.03. The maximum absolute atomic E-state index is 13.5. The van der Waals surface area contributed by atoms with E-state index in [1.807, 2.05) is 50.8 Å². The zero-order valence-corrected chi connectivity index (χ0v) is 21.8. The molecule has 5 rings (SSSR count). The van der Waals surface area contributed by atoms with Crippen molar-refractivity contribution in [3.63, 3.8) is 0 Å². The fourth-order valence-electron chi connectivity index (χ4n) is 5.27. The molecule has 1 aliphatic heterocycles. The van der Waals surface area contributed by atoms with Crippen molar-refractivity contribution in [1.82, 2.24) is 30.2 Å². The molecule has 0 unspecified atom stereocenters. The molecule has 3 heterocycles. The van der Waals surface area contributed by atoms with E-state index in [9.17, 15) is 9.59 Å². The minimum Gasteiger partial charge on any atom is -0.371 e. The number of rotatable bonds is 7. The van der Waals surface area contributed by atoms with Crippen LogP contribution < -0.4 is 20.9 Å². The normalized spacial score (nSPS) is 14.4. The van der Waals surface area contributed by atoms with Crippen molar-refractivity contribution in [3.05, 3.63) is 47.8 Å². The minimum atomic E-state index is -0.241. The summed E-state index contributed by atoms with van der Waals surface area (Å²) in [5, 5.41) is 20.2. The topological polar surface area (TPSA) is 109 Å². The number of piperidine rings is 1. The zero-order valence-electron chi connectivity index (χ0n) is 21.8. The molecule has 1 saturated heterocycles. The van der Waals surface area contributed by atoms with Crippen LogP contribution in [-0.4, -0.2) is 64.1 Å². The van der Waals surface area contributed by atoms with Gasteiger partial charge in [-0.25, -0.2) is 0 Å². The SMILES string of the molecule is CCNC1CCN(c2ccc(C(=O)Nc3cc(CC(=O)NC)c4nn(C)cc4c3)c3nn(C)cc23)CC1. The minimum absolute atomic E-state index is 0.115. The first-order valence-electron chi connectivity index (χ1n) is 12.8. The lowest BCUT2D eigenvalue weighted by atomic mass is 10.0. The summed E-state index contributed by atoms with van der Waals surface area (Å²) in [6.07, 6.45) is 6.22. The first kappa shape index (κ1) is 24.8. The molecule has 3 N–H and O–H groups in total. The molecule has 1 aliphatic rings. The molecule has 0 aliphatic carbocycles. The first-order chi connectivity index (χ1) is 17.9. The highest BCUT2D eigenvalue weighted by Crippen LogP contribution is 2.32. The molecule has 0 saturated carbocycles. The van der Waals surface area contributed by atoms with E-state index < -0.39 is 0 Å². The van der Waals surface area contributed by atoms with E-state index in [1.54, 1.807) is 16.4 Å². The van der Waals surface area contributed by atoms with Crippen LogP contribution in [0.1, 0.15) is 35.7 Å². The van der Waals surface area contributed by atoms with Crippen molar-refractivity contribution in [2.75, 3.05) is 36.9 Å². The Kier molecular flexibility index (Phi) is 6.84. The summed E-state index contributed by atoms with van der Waals surface area (Å²) >= 11 is 0. The summed E-state index contributed by atoms with van der Waals surface area (Å²) in [5.74, 6) is -0.356. The molecule has 37 heavy (non-hydrogen) atoms. The number of nitrogens with zero attached hydrogens (tertiary/aromatic N) is 5. The Balaban J connectivity index is 1.44. The van der Waals surface area contributed by atoms with Crippen molar-refractivity contribution in [1.29, 1.82) is 0 Å². The maximum atomic E-state index is 13.5. The molecule has 0 bridgehead atoms. The van der Waals surface area contributed by atoms with Gasteiger partial charge in [-0.15, -0.1) is 0 Å². The highest BCUT2D eigenvalue weighted by atomic mass is 16.2. The van der Waals surface area contributed by atoms with Crippen molar-refractivity contribution >= 4 is 45.0 Å². The molecule has 0 atom stereocenters. The third-order valence-corrected chi connectivity index (χ3v) is 7.03. The lowest BCUT2D eigenvalue weighted by Gasteiger charge is -2.34. The number of amides is 2. The van der Waals surface area contributed by atoms with Gasteiger partial charge in [-0.3, -0.25) is 19.0 Å². The second-order valence-corrected chi connectivity index (χ2v) is 9.70. The molecular formula is C27H34N8O2. The average molecular weight is 503 g/mol. The Morgan fingerprint density at radius 1 is 1.03 bits per heavy atom. The second-order valence-electron chi connectivity index (χ2n) is 9.70. The monoisotopic (exact) mass is 502 g/mol. The predicted molar refractivity (Wildman–Crippen MR) is 146 cm³/mol. The van der Waals surface area contributed by atoms with E-state index in [0.717, 1.165) is 60.0 Å². The van der Waals surface area contributed by atoms with E-state index in [0.29, 0.717) is 22.8 Å². The van der Waals surface area contributed by atoms with Gasteiger partial charge in [0.2, 0.25) is 5.91 Å². The zero-order chi connectivity index (χ0) is 26.1. The van der Waals surface area contributed by atoms with E-state index in [1.165, 1.54) is 0 Å². The number of fused-ring (bicyclic) bond motifs is 2. The van der Waals surface area contributed by atoms with Crippen LogP contribution >= 0.6 is 0 Å². The van der Waals surface area contributed by atoms with Crippen LogP contribution in [0.3, 0.4) is 0 Å². The van der Waals surface area contributed by atoms with Gasteiger partial charge in [0.25, 0.3) is 5.91 Å². The lowest BCUT2D eigenvalue weighted by molar-refractivity contribution is -0.119. The number of anilines is 2. The number of hydrogen-bond donors (Lipinski definition) is 3. The molecule has 10 heteroatoms. The number of benzene rings is 2. The fourth-order valence-corrected chi connectivity index (χ4v) is 5.27. The highest BCUT2D eigenvalue weighted by Gasteiger charge is 2.23. The van der Waals surface area contributed by atoms with Crippen LogP contribution in [0.5, 0.6) is 0 Å². The van der Waals surface area contributed by atoms with E-state index >= 15 is 0 Å². The Hall–Kier alpha value is -3.92. The maximum Gasteiger partial charge on any atom is 0.257 e. The van der Waals surface area contributed by atoms with Gasteiger partial charge in [-0.2, -0.15) is 10.2 Å². The number of aryl methyl sites for hydroxylation is 2. The number of nitrogens with one attached hydrogen (secondary N) is 3. The van der Waals surface area contributed by atoms with Crippen molar-refractivity contribution in [3.8, 4) is 0 Å². The standard InChI is InChI=1S/C27H34N8O2/c1-5-29-19-8-10-35(11-9-19)23-7-6-21(26-22(23)16-34(4)32-26)27(37)30-20-12-17(14-24(36)28-2)25-18(13-20)15-33(3)31-25/h6-7,12-13,15-16,19,29H,5,8-11,14H2,1-4H3,(H,28,36)(H,30,37). The van der Waals surface area contributed by atoms with Gasteiger partial charge in [0, 0.05) is 74.8 Å². The van der Waals surface area contributed by atoms with Gasteiger partial charge in [-0.1, -0.05) is 6.92 Å². The van der Waals surface area contributed by atoms with Crippen LogP contribution in [0.2, 0.25) is 0 Å². The van der Waals surface area contributed by atoms with Gasteiger partial charge < -0.3 is 20.9 Å². The van der Waals surface area contributed by atoms with E-state index in [4.69, 9.17) is 0 Å². The van der Waals surface area contributed by atoms with Crippen LogP contribution in [0, 0.1) is 0 Å². The molecule has 2 aromatic heterocycles. The summed E-state index contributed by atoms with van der Waals surface area (Å²) in [4.78, 5) is 28.0. The molecule has 0 radical (unpaired) electrons. The Morgan fingerprint density at radius 3 is 2.49 bits per heavy atom. The van der Waals surface area contributed by atoms with Crippen LogP contribution in [0.15, 0.2) is 36.7 Å². The summed E-state index contributed by atoms with van der Waals surface area (Å²) in [5.41, 5.74) is 4.42. The van der Waals surface area contributed by atoms with Gasteiger partial charge in [0.1, 0.15) is 5.52 Å². The Morgan fingerprint density at radius 2 is 1.76 bits per heavy atom. The van der Waals surface area contributed by atoms with Crippen molar-refractivity contribution in [2.24, 2.45) is 14.1 Å². The summed E-state index contributed by atoms with van der Waals surface area (Å²) < 4.78 is 3.47.